The first kappa shape index (κ1) is 21.3. The normalized spacial score (nSPS) is 20.0. The molecule has 0 aliphatic carbocycles. The van der Waals surface area contributed by atoms with Crippen LogP contribution in [0.1, 0.15) is 34.7 Å². The van der Waals surface area contributed by atoms with E-state index in [4.69, 9.17) is 11.6 Å². The summed E-state index contributed by atoms with van der Waals surface area (Å²) in [6, 6.07) is 22.0. The summed E-state index contributed by atoms with van der Waals surface area (Å²) in [4.78, 5) is 19.9. The van der Waals surface area contributed by atoms with Gasteiger partial charge in [0.05, 0.1) is 5.52 Å². The van der Waals surface area contributed by atoms with Crippen LogP contribution in [-0.4, -0.2) is 27.5 Å². The van der Waals surface area contributed by atoms with Crippen molar-refractivity contribution >= 4 is 34.7 Å². The van der Waals surface area contributed by atoms with Gasteiger partial charge in [-0.25, -0.2) is 0 Å². The van der Waals surface area contributed by atoms with E-state index in [-0.39, 0.29) is 5.56 Å². The lowest BCUT2D eigenvalue weighted by molar-refractivity contribution is 0.114. The molecule has 0 amide bonds. The van der Waals surface area contributed by atoms with Gasteiger partial charge in [-0.15, -0.1) is 0 Å². The van der Waals surface area contributed by atoms with Crippen LogP contribution in [0.15, 0.2) is 77.7 Å². The molecule has 4 heterocycles. The molecule has 6 rings (SSSR count). The third kappa shape index (κ3) is 4.20. The summed E-state index contributed by atoms with van der Waals surface area (Å²) in [6.07, 6.45) is 7.38. The van der Waals surface area contributed by atoms with Crippen LogP contribution in [0.4, 0.5) is 0 Å². The van der Waals surface area contributed by atoms with Gasteiger partial charge in [0.15, 0.2) is 0 Å². The smallest absolute Gasteiger partial charge is 0.250 e. The third-order valence-corrected chi connectivity index (χ3v) is 7.33. The summed E-state index contributed by atoms with van der Waals surface area (Å²) in [5.74, 6) is 0.840. The molecule has 5 heteroatoms. The molecule has 2 bridgehead atoms. The van der Waals surface area contributed by atoms with E-state index >= 15 is 0 Å². The highest BCUT2D eigenvalue weighted by Crippen LogP contribution is 2.37. The van der Waals surface area contributed by atoms with Crippen LogP contribution in [0.2, 0.25) is 5.02 Å². The Kier molecular flexibility index (Phi) is 5.56. The predicted octanol–water partition coefficient (Wildman–Crippen LogP) is 5.84. The van der Waals surface area contributed by atoms with Crippen LogP contribution in [0.25, 0.3) is 23.1 Å². The van der Waals surface area contributed by atoms with E-state index < -0.39 is 0 Å². The van der Waals surface area contributed by atoms with E-state index in [1.807, 2.05) is 47.2 Å². The van der Waals surface area contributed by atoms with Crippen LogP contribution in [0.3, 0.4) is 0 Å². The zero-order valence-corrected chi connectivity index (χ0v) is 19.7. The lowest BCUT2D eigenvalue weighted by Gasteiger charge is -2.43. The number of halogens is 1. The number of rotatable bonds is 4. The number of benzene rings is 2. The molecule has 0 radical (unpaired) electrons. The highest BCUT2D eigenvalue weighted by Gasteiger charge is 2.35. The third-order valence-electron chi connectivity index (χ3n) is 7.08. The Morgan fingerprint density at radius 3 is 2.71 bits per heavy atom. The molecular weight excluding hydrogens is 442 g/mol. The fraction of sp³-hybridized carbons (Fsp3) is 0.241. The fourth-order valence-electron chi connectivity index (χ4n) is 5.64. The minimum Gasteiger partial charge on any atom is -0.311 e. The van der Waals surface area contributed by atoms with Gasteiger partial charge < -0.3 is 4.57 Å². The Morgan fingerprint density at radius 2 is 1.82 bits per heavy atom. The Hall–Kier alpha value is -3.21. The number of aromatic nitrogens is 2. The summed E-state index contributed by atoms with van der Waals surface area (Å²) in [5, 5.41) is 1.92. The summed E-state index contributed by atoms with van der Waals surface area (Å²) >= 11 is 6.03. The first-order valence-electron chi connectivity index (χ1n) is 11.9. The number of likely N-dealkylation sites (tertiary alicyclic amines) is 1. The number of hydrogen-bond donors (Lipinski definition) is 0. The van der Waals surface area contributed by atoms with Gasteiger partial charge in [-0.3, -0.25) is 14.7 Å². The van der Waals surface area contributed by atoms with Crippen LogP contribution in [-0.2, 0) is 13.1 Å². The second-order valence-electron chi connectivity index (χ2n) is 9.54. The summed E-state index contributed by atoms with van der Waals surface area (Å²) in [6.45, 7) is 3.65. The number of nitrogens with zero attached hydrogens (tertiary/aromatic N) is 3. The van der Waals surface area contributed by atoms with Gasteiger partial charge in [0, 0.05) is 60.5 Å². The molecule has 2 aliphatic heterocycles. The standard InChI is InChI=1S/C29H26ClN3O/c30-26-10-6-20(7-11-26)5-8-23-9-12-28(34)33-18-22-14-25(29(23)33)19-32(17-22)16-21-13-24-3-1-2-4-27(24)31-15-21/h1-13,15,22,25H,14,16-19H2. The van der Waals surface area contributed by atoms with Gasteiger partial charge in [0.2, 0.25) is 0 Å². The molecule has 1 saturated heterocycles. The lowest BCUT2D eigenvalue weighted by Crippen LogP contribution is -2.47. The van der Waals surface area contributed by atoms with Gasteiger partial charge in [0.25, 0.3) is 5.56 Å². The maximum Gasteiger partial charge on any atom is 0.250 e. The Morgan fingerprint density at radius 1 is 0.971 bits per heavy atom. The molecule has 4 aromatic rings. The molecule has 2 aromatic heterocycles. The van der Waals surface area contributed by atoms with E-state index in [1.165, 1.54) is 16.6 Å². The largest absolute Gasteiger partial charge is 0.311 e. The Labute approximate surface area is 204 Å². The minimum atomic E-state index is 0.112. The average Bonchev–Trinajstić information content (AvgIpc) is 2.85. The molecular formula is C29H26ClN3O. The fourth-order valence-corrected chi connectivity index (χ4v) is 5.76. The van der Waals surface area contributed by atoms with Crippen LogP contribution in [0, 0.1) is 5.92 Å². The molecule has 4 nitrogen and oxygen atoms in total. The maximum absolute atomic E-state index is 12.8. The van der Waals surface area contributed by atoms with E-state index in [1.54, 1.807) is 6.07 Å². The van der Waals surface area contributed by atoms with Crippen molar-refractivity contribution in [1.29, 1.82) is 0 Å². The van der Waals surface area contributed by atoms with E-state index in [0.29, 0.717) is 11.8 Å². The predicted molar refractivity (Wildman–Crippen MR) is 139 cm³/mol. The van der Waals surface area contributed by atoms with Gasteiger partial charge in [0.1, 0.15) is 0 Å². The van der Waals surface area contributed by atoms with Crippen molar-refractivity contribution in [2.75, 3.05) is 13.1 Å². The monoisotopic (exact) mass is 467 g/mol. The topological polar surface area (TPSA) is 38.1 Å². The molecule has 0 N–H and O–H groups in total. The van der Waals surface area contributed by atoms with E-state index in [0.717, 1.165) is 54.3 Å². The van der Waals surface area contributed by atoms with Crippen molar-refractivity contribution in [2.24, 2.45) is 5.92 Å². The van der Waals surface area contributed by atoms with Crippen molar-refractivity contribution < 1.29 is 0 Å². The van der Waals surface area contributed by atoms with Crippen LogP contribution in [0.5, 0.6) is 0 Å². The molecule has 2 unspecified atom stereocenters. The molecule has 2 aliphatic rings. The van der Waals surface area contributed by atoms with Crippen molar-refractivity contribution in [3.05, 3.63) is 111 Å². The molecule has 170 valence electrons. The SMILES string of the molecule is O=c1ccc(C=Cc2ccc(Cl)cc2)c2n1CC1CC2CN(Cc2cnc3ccccc3c2)C1. The summed E-state index contributed by atoms with van der Waals surface area (Å²) in [5.41, 5.74) is 5.79. The zero-order valence-electron chi connectivity index (χ0n) is 18.9. The molecule has 34 heavy (non-hydrogen) atoms. The second kappa shape index (κ2) is 8.86. The Balaban J connectivity index is 1.28. The number of fused-ring (bicyclic) bond motifs is 5. The van der Waals surface area contributed by atoms with E-state index in [9.17, 15) is 4.79 Å². The molecule has 0 spiro atoms. The molecule has 1 fully saturated rings. The summed E-state index contributed by atoms with van der Waals surface area (Å²) in [7, 11) is 0. The van der Waals surface area contributed by atoms with Crippen molar-refractivity contribution in [3.8, 4) is 0 Å². The van der Waals surface area contributed by atoms with Crippen molar-refractivity contribution in [3.63, 3.8) is 0 Å². The van der Waals surface area contributed by atoms with E-state index in [2.05, 4.69) is 46.3 Å². The highest BCUT2D eigenvalue weighted by atomic mass is 35.5. The second-order valence-corrected chi connectivity index (χ2v) is 9.97. The number of hydrogen-bond acceptors (Lipinski definition) is 3. The van der Waals surface area contributed by atoms with Crippen molar-refractivity contribution in [1.82, 2.24) is 14.5 Å². The van der Waals surface area contributed by atoms with Crippen LogP contribution >= 0.6 is 11.6 Å². The molecule has 0 saturated carbocycles. The lowest BCUT2D eigenvalue weighted by atomic mass is 9.81. The van der Waals surface area contributed by atoms with Crippen LogP contribution < -0.4 is 5.56 Å². The first-order chi connectivity index (χ1) is 16.6. The molecule has 2 atom stereocenters. The Bertz CT molecular complexity index is 1440. The minimum absolute atomic E-state index is 0.112. The maximum atomic E-state index is 12.8. The molecule has 2 aromatic carbocycles. The van der Waals surface area contributed by atoms with Gasteiger partial charge in [-0.1, -0.05) is 54.1 Å². The van der Waals surface area contributed by atoms with Crippen molar-refractivity contribution in [2.45, 2.75) is 25.4 Å². The zero-order chi connectivity index (χ0) is 23.1. The quantitative estimate of drug-likeness (QED) is 0.378. The number of piperidine rings is 1. The average molecular weight is 468 g/mol. The number of pyridine rings is 2. The van der Waals surface area contributed by atoms with Gasteiger partial charge in [-0.2, -0.15) is 0 Å². The number of para-hydroxylation sites is 1. The first-order valence-corrected chi connectivity index (χ1v) is 12.2. The van der Waals surface area contributed by atoms with Gasteiger partial charge in [-0.05, 0) is 59.4 Å². The van der Waals surface area contributed by atoms with Gasteiger partial charge >= 0.3 is 0 Å². The highest BCUT2D eigenvalue weighted by molar-refractivity contribution is 6.30. The summed E-state index contributed by atoms with van der Waals surface area (Å²) < 4.78 is 2.02.